The maximum absolute atomic E-state index is 11.4. The van der Waals surface area contributed by atoms with E-state index in [1.165, 1.54) is 13.2 Å². The van der Waals surface area contributed by atoms with E-state index in [0.717, 1.165) is 11.4 Å². The number of rotatable bonds is 4. The van der Waals surface area contributed by atoms with Gasteiger partial charge in [0, 0.05) is 7.05 Å². The number of benzene rings is 1. The summed E-state index contributed by atoms with van der Waals surface area (Å²) in [5.74, 6) is 0.0991. The number of carbonyl (C=O) groups excluding carboxylic acids is 1. The van der Waals surface area contributed by atoms with Gasteiger partial charge in [-0.05, 0) is 31.2 Å². The van der Waals surface area contributed by atoms with Crippen molar-refractivity contribution < 1.29 is 14.3 Å². The van der Waals surface area contributed by atoms with Crippen LogP contribution in [0.15, 0.2) is 24.3 Å². The SMILES string of the molecule is COC(=O)c1ccc(OCc2cc(C)nn2C)c(N)c1. The van der Waals surface area contributed by atoms with Crippen LogP contribution in [0, 0.1) is 6.92 Å². The molecule has 1 aromatic heterocycles. The Kier molecular flexibility index (Phi) is 3.93. The Balaban J connectivity index is 2.10. The third-order valence-electron chi connectivity index (χ3n) is 2.91. The zero-order valence-electron chi connectivity index (χ0n) is 11.7. The van der Waals surface area contributed by atoms with Crippen LogP contribution >= 0.6 is 0 Å². The van der Waals surface area contributed by atoms with Crippen molar-refractivity contribution in [2.75, 3.05) is 12.8 Å². The number of anilines is 1. The highest BCUT2D eigenvalue weighted by Crippen LogP contribution is 2.24. The van der Waals surface area contributed by atoms with Crippen molar-refractivity contribution in [1.29, 1.82) is 0 Å². The molecule has 0 saturated carbocycles. The van der Waals surface area contributed by atoms with Gasteiger partial charge in [0.1, 0.15) is 12.4 Å². The van der Waals surface area contributed by atoms with Gasteiger partial charge in [0.05, 0.1) is 29.7 Å². The van der Waals surface area contributed by atoms with Crippen LogP contribution in [0.25, 0.3) is 0 Å². The van der Waals surface area contributed by atoms with Crippen molar-refractivity contribution in [1.82, 2.24) is 9.78 Å². The van der Waals surface area contributed by atoms with Crippen molar-refractivity contribution in [3.05, 3.63) is 41.2 Å². The van der Waals surface area contributed by atoms with Crippen LogP contribution < -0.4 is 10.5 Å². The molecular weight excluding hydrogens is 258 g/mol. The van der Waals surface area contributed by atoms with E-state index in [-0.39, 0.29) is 0 Å². The lowest BCUT2D eigenvalue weighted by atomic mass is 10.2. The molecule has 0 saturated heterocycles. The Morgan fingerprint density at radius 3 is 2.70 bits per heavy atom. The largest absolute Gasteiger partial charge is 0.485 e. The molecule has 106 valence electrons. The summed E-state index contributed by atoms with van der Waals surface area (Å²) in [4.78, 5) is 11.4. The van der Waals surface area contributed by atoms with Gasteiger partial charge in [-0.1, -0.05) is 0 Å². The molecule has 0 aliphatic heterocycles. The van der Waals surface area contributed by atoms with Crippen LogP contribution in [0.1, 0.15) is 21.7 Å². The number of aryl methyl sites for hydroxylation is 2. The van der Waals surface area contributed by atoms with Crippen LogP contribution in [0.5, 0.6) is 5.75 Å². The van der Waals surface area contributed by atoms with Crippen molar-refractivity contribution in [2.45, 2.75) is 13.5 Å². The van der Waals surface area contributed by atoms with Gasteiger partial charge in [-0.3, -0.25) is 4.68 Å². The Bertz CT molecular complexity index is 635. The summed E-state index contributed by atoms with van der Waals surface area (Å²) < 4.78 is 12.0. The minimum atomic E-state index is -0.425. The summed E-state index contributed by atoms with van der Waals surface area (Å²) in [6.07, 6.45) is 0. The van der Waals surface area contributed by atoms with E-state index in [2.05, 4.69) is 9.84 Å². The van der Waals surface area contributed by atoms with E-state index in [9.17, 15) is 4.79 Å². The molecule has 0 radical (unpaired) electrons. The minimum Gasteiger partial charge on any atom is -0.485 e. The Morgan fingerprint density at radius 2 is 2.15 bits per heavy atom. The van der Waals surface area contributed by atoms with Crippen molar-refractivity contribution in [3.8, 4) is 5.75 Å². The average Bonchev–Trinajstić information content (AvgIpc) is 2.74. The summed E-state index contributed by atoms with van der Waals surface area (Å²) >= 11 is 0. The van der Waals surface area contributed by atoms with Crippen molar-refractivity contribution in [2.24, 2.45) is 7.05 Å². The monoisotopic (exact) mass is 275 g/mol. The molecule has 2 N–H and O–H groups in total. The third kappa shape index (κ3) is 2.90. The molecule has 6 nitrogen and oxygen atoms in total. The quantitative estimate of drug-likeness (QED) is 0.678. The topological polar surface area (TPSA) is 79.4 Å². The summed E-state index contributed by atoms with van der Waals surface area (Å²) in [7, 11) is 3.18. The van der Waals surface area contributed by atoms with Crippen LogP contribution in [-0.4, -0.2) is 22.9 Å². The van der Waals surface area contributed by atoms with Crippen molar-refractivity contribution in [3.63, 3.8) is 0 Å². The highest BCUT2D eigenvalue weighted by atomic mass is 16.5. The molecular formula is C14H17N3O3. The molecule has 0 spiro atoms. The number of nitrogens with zero attached hydrogens (tertiary/aromatic N) is 2. The molecule has 1 heterocycles. The molecule has 0 fully saturated rings. The third-order valence-corrected chi connectivity index (χ3v) is 2.91. The minimum absolute atomic E-state index is 0.360. The predicted octanol–water partition coefficient (Wildman–Crippen LogP) is 1.68. The van der Waals surface area contributed by atoms with E-state index in [0.29, 0.717) is 23.6 Å². The first-order valence-corrected chi connectivity index (χ1v) is 6.11. The van der Waals surface area contributed by atoms with Crippen molar-refractivity contribution >= 4 is 11.7 Å². The second-order valence-electron chi connectivity index (χ2n) is 4.43. The molecule has 0 unspecified atom stereocenters. The fraction of sp³-hybridized carbons (Fsp3) is 0.286. The number of methoxy groups -OCH3 is 1. The molecule has 2 aromatic rings. The summed E-state index contributed by atoms with van der Waals surface area (Å²) in [6.45, 7) is 2.28. The van der Waals surface area contributed by atoms with Gasteiger partial charge >= 0.3 is 5.97 Å². The first-order valence-electron chi connectivity index (χ1n) is 6.11. The molecule has 1 aromatic carbocycles. The lowest BCUT2D eigenvalue weighted by molar-refractivity contribution is 0.0600. The Labute approximate surface area is 117 Å². The van der Waals surface area contributed by atoms with Gasteiger partial charge in [-0.2, -0.15) is 5.10 Å². The number of ether oxygens (including phenoxy) is 2. The normalized spacial score (nSPS) is 10.3. The lowest BCUT2D eigenvalue weighted by Gasteiger charge is -2.10. The zero-order valence-corrected chi connectivity index (χ0v) is 11.7. The first-order chi connectivity index (χ1) is 9.51. The lowest BCUT2D eigenvalue weighted by Crippen LogP contribution is -2.06. The van der Waals surface area contributed by atoms with Gasteiger partial charge in [0.2, 0.25) is 0 Å². The van der Waals surface area contributed by atoms with Crippen LogP contribution in [0.2, 0.25) is 0 Å². The summed E-state index contributed by atoms with van der Waals surface area (Å²) in [6, 6.07) is 6.76. The molecule has 6 heteroatoms. The number of nitrogens with two attached hydrogens (primary N) is 1. The van der Waals surface area contributed by atoms with Crippen LogP contribution in [0.4, 0.5) is 5.69 Å². The number of carbonyl (C=O) groups is 1. The van der Waals surface area contributed by atoms with Gasteiger partial charge in [0.25, 0.3) is 0 Å². The highest BCUT2D eigenvalue weighted by Gasteiger charge is 2.10. The number of nitrogen functional groups attached to an aromatic ring is 1. The molecule has 0 bridgehead atoms. The van der Waals surface area contributed by atoms with E-state index in [1.807, 2.05) is 20.0 Å². The first kappa shape index (κ1) is 13.9. The predicted molar refractivity (Wildman–Crippen MR) is 74.5 cm³/mol. The van der Waals surface area contributed by atoms with Gasteiger partial charge < -0.3 is 15.2 Å². The Morgan fingerprint density at radius 1 is 1.40 bits per heavy atom. The summed E-state index contributed by atoms with van der Waals surface area (Å²) in [5.41, 5.74) is 8.53. The van der Waals surface area contributed by atoms with E-state index in [1.54, 1.807) is 16.8 Å². The molecule has 0 atom stereocenters. The zero-order chi connectivity index (χ0) is 14.7. The molecule has 0 aliphatic rings. The van der Waals surface area contributed by atoms with Gasteiger partial charge in [0.15, 0.2) is 0 Å². The highest BCUT2D eigenvalue weighted by molar-refractivity contribution is 5.90. The second-order valence-corrected chi connectivity index (χ2v) is 4.43. The average molecular weight is 275 g/mol. The smallest absolute Gasteiger partial charge is 0.337 e. The summed E-state index contributed by atoms with van der Waals surface area (Å²) in [5, 5.41) is 4.24. The molecule has 2 rings (SSSR count). The standard InChI is InChI=1S/C14H17N3O3/c1-9-6-11(17(2)16-9)8-20-13-5-4-10(7-12(13)15)14(18)19-3/h4-7H,8,15H2,1-3H3. The van der Waals surface area contributed by atoms with Gasteiger partial charge in [-0.25, -0.2) is 4.79 Å². The fourth-order valence-corrected chi connectivity index (χ4v) is 1.88. The molecule has 0 aliphatic carbocycles. The molecule has 20 heavy (non-hydrogen) atoms. The number of hydrogen-bond acceptors (Lipinski definition) is 5. The number of hydrogen-bond donors (Lipinski definition) is 1. The Hall–Kier alpha value is -2.50. The number of aromatic nitrogens is 2. The number of esters is 1. The van der Waals surface area contributed by atoms with Crippen LogP contribution in [-0.2, 0) is 18.4 Å². The maximum atomic E-state index is 11.4. The maximum Gasteiger partial charge on any atom is 0.337 e. The van der Waals surface area contributed by atoms with E-state index >= 15 is 0 Å². The van der Waals surface area contributed by atoms with Crippen LogP contribution in [0.3, 0.4) is 0 Å². The second kappa shape index (κ2) is 5.64. The van der Waals surface area contributed by atoms with E-state index in [4.69, 9.17) is 10.5 Å². The molecule has 0 amide bonds. The van der Waals surface area contributed by atoms with Gasteiger partial charge in [-0.15, -0.1) is 0 Å². The van der Waals surface area contributed by atoms with E-state index < -0.39 is 5.97 Å². The fourth-order valence-electron chi connectivity index (χ4n) is 1.88.